The van der Waals surface area contributed by atoms with Crippen molar-refractivity contribution in [2.24, 2.45) is 0 Å². The van der Waals surface area contributed by atoms with Crippen molar-refractivity contribution < 1.29 is 14.7 Å². The van der Waals surface area contributed by atoms with E-state index in [1.807, 2.05) is 6.07 Å². The lowest BCUT2D eigenvalue weighted by Crippen LogP contribution is -2.40. The fourth-order valence-corrected chi connectivity index (χ4v) is 3.41. The van der Waals surface area contributed by atoms with Gasteiger partial charge in [0.15, 0.2) is 0 Å². The van der Waals surface area contributed by atoms with Crippen molar-refractivity contribution in [3.8, 4) is 9.88 Å². The molecule has 106 valence electrons. The average molecular weight is 331 g/mol. The molecule has 0 aromatic carbocycles. The second-order valence-corrected chi connectivity index (χ2v) is 6.49. The highest BCUT2D eigenvalue weighted by Gasteiger charge is 2.20. The molecule has 0 aliphatic rings. The Balaban J connectivity index is 2.12. The van der Waals surface area contributed by atoms with Crippen molar-refractivity contribution in [3.63, 3.8) is 0 Å². The van der Waals surface area contributed by atoms with Crippen LogP contribution >= 0.6 is 34.3 Å². The molecule has 1 atom stereocenters. The molecule has 2 rings (SSSR count). The Labute approximate surface area is 128 Å². The Hall–Kier alpha value is -1.44. The van der Waals surface area contributed by atoms with Gasteiger partial charge in [0.25, 0.3) is 5.91 Å². The van der Waals surface area contributed by atoms with Gasteiger partial charge in [0.2, 0.25) is 0 Å². The number of thiophene rings is 1. The summed E-state index contributed by atoms with van der Waals surface area (Å²) < 4.78 is 0.651. The van der Waals surface area contributed by atoms with Crippen LogP contribution in [0.15, 0.2) is 17.5 Å². The minimum atomic E-state index is -1.05. The minimum absolute atomic E-state index is 0.217. The molecule has 5 nitrogen and oxygen atoms in total. The molecule has 2 aromatic heterocycles. The van der Waals surface area contributed by atoms with Gasteiger partial charge in [-0.3, -0.25) is 4.79 Å². The first-order valence-electron chi connectivity index (χ1n) is 5.76. The van der Waals surface area contributed by atoms with Crippen LogP contribution in [0.4, 0.5) is 0 Å². The first-order valence-corrected chi connectivity index (χ1v) is 7.83. The highest BCUT2D eigenvalue weighted by atomic mass is 35.5. The van der Waals surface area contributed by atoms with Crippen LogP contribution in [0.3, 0.4) is 0 Å². The number of hydrogen-bond donors (Lipinski definition) is 2. The number of carboxylic acid groups (broad SMARTS) is 1. The lowest BCUT2D eigenvalue weighted by molar-refractivity contribution is -0.139. The average Bonchev–Trinajstić information content (AvgIpc) is 3.03. The molecule has 0 aliphatic heterocycles. The van der Waals surface area contributed by atoms with E-state index in [1.54, 1.807) is 18.4 Å². The van der Waals surface area contributed by atoms with Gasteiger partial charge in [0.05, 0.1) is 9.21 Å². The smallest absolute Gasteiger partial charge is 0.326 e. The van der Waals surface area contributed by atoms with Gasteiger partial charge in [-0.1, -0.05) is 18.5 Å². The van der Waals surface area contributed by atoms with Gasteiger partial charge in [-0.2, -0.15) is 0 Å². The molecule has 2 aromatic rings. The van der Waals surface area contributed by atoms with E-state index in [2.05, 4.69) is 10.3 Å². The monoisotopic (exact) mass is 330 g/mol. The van der Waals surface area contributed by atoms with Crippen molar-refractivity contribution in [2.75, 3.05) is 0 Å². The molecule has 8 heteroatoms. The second-order valence-electron chi connectivity index (χ2n) is 3.91. The second kappa shape index (κ2) is 6.34. The summed E-state index contributed by atoms with van der Waals surface area (Å²) in [4.78, 5) is 27.9. The zero-order valence-electron chi connectivity index (χ0n) is 10.4. The topological polar surface area (TPSA) is 79.3 Å². The number of halogens is 1. The van der Waals surface area contributed by atoms with Crippen LogP contribution < -0.4 is 5.32 Å². The lowest BCUT2D eigenvalue weighted by Gasteiger charge is -2.10. The summed E-state index contributed by atoms with van der Waals surface area (Å²) in [6, 6.07) is 2.70. The first kappa shape index (κ1) is 15.0. The molecule has 0 aliphatic carbocycles. The van der Waals surface area contributed by atoms with E-state index in [0.717, 1.165) is 4.88 Å². The number of amides is 1. The molecule has 1 unspecified atom stereocenters. The molecule has 0 radical (unpaired) electrons. The van der Waals surface area contributed by atoms with E-state index < -0.39 is 17.9 Å². The Kier molecular flexibility index (Phi) is 4.74. The number of nitrogens with one attached hydrogen (secondary N) is 1. The molecule has 0 spiro atoms. The minimum Gasteiger partial charge on any atom is -0.480 e. The number of nitrogens with zero attached hydrogens (tertiary/aromatic N) is 1. The van der Waals surface area contributed by atoms with E-state index in [4.69, 9.17) is 16.7 Å². The van der Waals surface area contributed by atoms with Gasteiger partial charge in [0.1, 0.15) is 16.7 Å². The zero-order valence-corrected chi connectivity index (χ0v) is 12.8. The Morgan fingerprint density at radius 2 is 2.25 bits per heavy atom. The molecule has 0 bridgehead atoms. The normalized spacial score (nSPS) is 12.1. The molecular weight excluding hydrogens is 320 g/mol. The molecule has 0 fully saturated rings. The number of aromatic nitrogens is 1. The van der Waals surface area contributed by atoms with E-state index >= 15 is 0 Å². The maximum absolute atomic E-state index is 11.9. The summed E-state index contributed by atoms with van der Waals surface area (Å²) in [6.07, 6.45) is 0.318. The molecule has 2 heterocycles. The van der Waals surface area contributed by atoms with Gasteiger partial charge in [-0.25, -0.2) is 9.78 Å². The summed E-state index contributed by atoms with van der Waals surface area (Å²) in [5.74, 6) is -1.54. The first-order chi connectivity index (χ1) is 9.51. The number of carboxylic acids is 1. The van der Waals surface area contributed by atoms with Crippen molar-refractivity contribution in [2.45, 2.75) is 19.4 Å². The van der Waals surface area contributed by atoms with E-state index in [-0.39, 0.29) is 5.69 Å². The van der Waals surface area contributed by atoms with Crippen LogP contribution in [-0.4, -0.2) is 28.0 Å². The number of carbonyl (C=O) groups is 2. The molecular formula is C12H11ClN2O3S2. The fraction of sp³-hybridized carbons (Fsp3) is 0.250. The third-order valence-electron chi connectivity index (χ3n) is 2.53. The van der Waals surface area contributed by atoms with Crippen molar-refractivity contribution >= 4 is 46.2 Å². The van der Waals surface area contributed by atoms with Crippen LogP contribution in [0, 0.1) is 0 Å². The van der Waals surface area contributed by atoms with E-state index in [9.17, 15) is 9.59 Å². The van der Waals surface area contributed by atoms with Crippen molar-refractivity contribution in [3.05, 3.63) is 27.5 Å². The Morgan fingerprint density at radius 3 is 2.80 bits per heavy atom. The Morgan fingerprint density at radius 1 is 1.50 bits per heavy atom. The van der Waals surface area contributed by atoms with Crippen LogP contribution in [0.5, 0.6) is 0 Å². The number of thiazole rings is 1. The highest BCUT2D eigenvalue weighted by Crippen LogP contribution is 2.32. The van der Waals surface area contributed by atoms with Crippen LogP contribution in [0.1, 0.15) is 23.8 Å². The number of carbonyl (C=O) groups excluding carboxylic acids is 1. The lowest BCUT2D eigenvalue weighted by atomic mass is 10.2. The van der Waals surface area contributed by atoms with Gasteiger partial charge >= 0.3 is 5.97 Å². The standard InChI is InChI=1S/C12H11ClN2O3S2/c1-2-6(12(17)18)14-10(16)7-5-19-11(15-7)8-3-4-9(13)20-8/h3-6H,2H2,1H3,(H,14,16)(H,17,18). The number of aliphatic carboxylic acids is 1. The summed E-state index contributed by atoms with van der Waals surface area (Å²) in [5.41, 5.74) is 0.217. The summed E-state index contributed by atoms with van der Waals surface area (Å²) in [5, 5.41) is 13.6. The fourth-order valence-electron chi connectivity index (χ4n) is 1.49. The van der Waals surface area contributed by atoms with Gasteiger partial charge in [-0.15, -0.1) is 22.7 Å². The molecule has 2 N–H and O–H groups in total. The predicted octanol–water partition coefficient (Wildman–Crippen LogP) is 3.12. The summed E-state index contributed by atoms with van der Waals surface area (Å²) in [6.45, 7) is 1.69. The molecule has 20 heavy (non-hydrogen) atoms. The maximum atomic E-state index is 11.9. The number of rotatable bonds is 5. The van der Waals surface area contributed by atoms with Gasteiger partial charge < -0.3 is 10.4 Å². The number of hydrogen-bond acceptors (Lipinski definition) is 5. The predicted molar refractivity (Wildman–Crippen MR) is 79.6 cm³/mol. The van der Waals surface area contributed by atoms with Crippen molar-refractivity contribution in [1.29, 1.82) is 0 Å². The Bertz CT molecular complexity index is 638. The third-order valence-corrected chi connectivity index (χ3v) is 4.78. The highest BCUT2D eigenvalue weighted by molar-refractivity contribution is 7.23. The third kappa shape index (κ3) is 3.36. The quantitative estimate of drug-likeness (QED) is 0.882. The molecule has 0 saturated carbocycles. The zero-order chi connectivity index (χ0) is 14.7. The van der Waals surface area contributed by atoms with Gasteiger partial charge in [-0.05, 0) is 18.6 Å². The SMILES string of the molecule is CCC(NC(=O)c1csc(-c2ccc(Cl)s2)n1)C(=O)O. The van der Waals surface area contributed by atoms with Crippen LogP contribution in [0.2, 0.25) is 4.34 Å². The summed E-state index contributed by atoms with van der Waals surface area (Å²) in [7, 11) is 0. The maximum Gasteiger partial charge on any atom is 0.326 e. The van der Waals surface area contributed by atoms with Crippen LogP contribution in [0.25, 0.3) is 9.88 Å². The van der Waals surface area contributed by atoms with E-state index in [0.29, 0.717) is 15.8 Å². The molecule has 0 saturated heterocycles. The van der Waals surface area contributed by atoms with Gasteiger partial charge in [0, 0.05) is 5.38 Å². The van der Waals surface area contributed by atoms with Crippen LogP contribution in [-0.2, 0) is 4.79 Å². The molecule has 1 amide bonds. The largest absolute Gasteiger partial charge is 0.480 e. The summed E-state index contributed by atoms with van der Waals surface area (Å²) >= 11 is 8.55. The van der Waals surface area contributed by atoms with E-state index in [1.165, 1.54) is 22.7 Å². The van der Waals surface area contributed by atoms with Crippen molar-refractivity contribution in [1.82, 2.24) is 10.3 Å².